The lowest BCUT2D eigenvalue weighted by molar-refractivity contribution is -0.171. The van der Waals surface area contributed by atoms with Crippen molar-refractivity contribution in [2.75, 3.05) is 13.1 Å². The van der Waals surface area contributed by atoms with Crippen molar-refractivity contribution in [3.8, 4) is 5.75 Å². The molecule has 0 aromatic carbocycles. The second-order valence-corrected chi connectivity index (χ2v) is 15.9. The Morgan fingerprint density at radius 2 is 1.12 bits per heavy atom. The lowest BCUT2D eigenvalue weighted by Crippen LogP contribution is -2.58. The van der Waals surface area contributed by atoms with Crippen LogP contribution in [0.5, 0.6) is 5.75 Å². The molecule has 0 saturated carbocycles. The van der Waals surface area contributed by atoms with Crippen molar-refractivity contribution in [1.29, 1.82) is 0 Å². The molecule has 1 aliphatic rings. The molecule has 0 aliphatic carbocycles. The Morgan fingerprint density at radius 1 is 0.700 bits per heavy atom. The molecule has 6 nitrogen and oxygen atoms in total. The van der Waals surface area contributed by atoms with Crippen molar-refractivity contribution < 1.29 is 14.3 Å². The van der Waals surface area contributed by atoms with Gasteiger partial charge in [-0.2, -0.15) is 0 Å². The summed E-state index contributed by atoms with van der Waals surface area (Å²) < 4.78 is 12.4. The highest BCUT2D eigenvalue weighted by molar-refractivity contribution is 5.66. The number of fused-ring (bicyclic) bond motifs is 1. The maximum absolute atomic E-state index is 12.4. The molecule has 6 heteroatoms. The van der Waals surface area contributed by atoms with Gasteiger partial charge in [0.2, 0.25) is 0 Å². The maximum Gasteiger partial charge on any atom is 0.303 e. The number of unbranched alkanes of at least 4 members (excludes halogenated alkanes) is 26. The largest absolute Gasteiger partial charge is 0.483 e. The number of hydrazine groups is 1. The van der Waals surface area contributed by atoms with Crippen LogP contribution in [-0.4, -0.2) is 40.8 Å². The van der Waals surface area contributed by atoms with E-state index in [1.807, 2.05) is 26.1 Å². The third-order valence-electron chi connectivity index (χ3n) is 10.7. The molecule has 1 aliphatic heterocycles. The van der Waals surface area contributed by atoms with E-state index < -0.39 is 11.7 Å². The Balaban J connectivity index is 1.79. The summed E-state index contributed by atoms with van der Waals surface area (Å²) in [5.74, 6) is 0.565. The number of pyridine rings is 1. The first-order chi connectivity index (χ1) is 24.4. The van der Waals surface area contributed by atoms with E-state index in [1.165, 1.54) is 174 Å². The van der Waals surface area contributed by atoms with Gasteiger partial charge in [-0.3, -0.25) is 15.2 Å². The molecule has 0 spiro atoms. The summed E-state index contributed by atoms with van der Waals surface area (Å²) >= 11 is 0. The van der Waals surface area contributed by atoms with E-state index in [-0.39, 0.29) is 12.0 Å². The third-order valence-corrected chi connectivity index (χ3v) is 10.7. The summed E-state index contributed by atoms with van der Waals surface area (Å²) in [5, 5.41) is 2.36. The van der Waals surface area contributed by atoms with Crippen LogP contribution in [0.2, 0.25) is 0 Å². The van der Waals surface area contributed by atoms with Gasteiger partial charge in [0.05, 0.1) is 6.04 Å². The van der Waals surface area contributed by atoms with Crippen molar-refractivity contribution in [2.24, 2.45) is 0 Å². The van der Waals surface area contributed by atoms with Crippen molar-refractivity contribution in [1.82, 2.24) is 15.4 Å². The van der Waals surface area contributed by atoms with Crippen molar-refractivity contribution in [2.45, 2.75) is 232 Å². The number of nitrogens with zero attached hydrogens (tertiary/aromatic N) is 2. The number of carbonyl (C=O) groups is 1. The number of hydrogen-bond donors (Lipinski definition) is 1. The SMILES string of the molecule is CCCCCCCCCCCCCCCCNN(CCCCCCCCCCCCCCCC)[C@H]1c2cnccc2OC(C)(C)[C@@H]1OC(C)=O. The minimum Gasteiger partial charge on any atom is -0.483 e. The van der Waals surface area contributed by atoms with Crippen LogP contribution in [0.25, 0.3) is 0 Å². The number of hydrogen-bond acceptors (Lipinski definition) is 6. The summed E-state index contributed by atoms with van der Waals surface area (Å²) in [6.45, 7) is 12.0. The number of aromatic nitrogens is 1. The molecule has 1 N–H and O–H groups in total. The van der Waals surface area contributed by atoms with Crippen LogP contribution in [0.15, 0.2) is 18.5 Å². The first-order valence-corrected chi connectivity index (χ1v) is 21.7. The zero-order valence-electron chi connectivity index (χ0n) is 33.7. The Morgan fingerprint density at radius 3 is 1.56 bits per heavy atom. The second-order valence-electron chi connectivity index (χ2n) is 15.9. The van der Waals surface area contributed by atoms with Crippen LogP contribution in [0.1, 0.15) is 226 Å². The topological polar surface area (TPSA) is 63.7 Å². The van der Waals surface area contributed by atoms with Gasteiger partial charge < -0.3 is 9.47 Å². The Labute approximate surface area is 310 Å². The van der Waals surface area contributed by atoms with Gasteiger partial charge in [-0.25, -0.2) is 5.01 Å². The first kappa shape index (κ1) is 44.5. The molecule has 0 radical (unpaired) electrons. The molecule has 0 saturated heterocycles. The minimum atomic E-state index is -0.658. The average molecular weight is 700 g/mol. The molecule has 0 unspecified atom stereocenters. The number of rotatable bonds is 33. The number of nitrogens with one attached hydrogen (secondary N) is 1. The summed E-state index contributed by atoms with van der Waals surface area (Å²) in [4.78, 5) is 16.8. The van der Waals surface area contributed by atoms with Gasteiger partial charge in [0.25, 0.3) is 0 Å². The standard InChI is InChI=1S/C44H81N3O3/c1-6-8-10-12-14-16-18-20-22-24-26-28-30-32-35-46-47(37-33-31-29-27-25-23-21-19-17-15-13-11-9-7-2)42-40-38-45-36-34-41(40)50-44(4,5)43(42)49-39(3)48/h34,36,38,42-43,46H,6-33,35,37H2,1-5H3/t42-,43+/m0/s1. The van der Waals surface area contributed by atoms with Gasteiger partial charge >= 0.3 is 5.97 Å². The zero-order chi connectivity index (χ0) is 36.1. The molecule has 2 heterocycles. The molecule has 2 atom stereocenters. The smallest absolute Gasteiger partial charge is 0.303 e. The van der Waals surface area contributed by atoms with E-state index in [0.29, 0.717) is 0 Å². The number of ether oxygens (including phenoxy) is 2. The highest BCUT2D eigenvalue weighted by atomic mass is 16.6. The molecule has 1 aromatic heterocycles. The Bertz CT molecular complexity index is 954. The summed E-state index contributed by atoms with van der Waals surface area (Å²) in [5.41, 5.74) is 4.16. The van der Waals surface area contributed by atoms with Crippen LogP contribution < -0.4 is 10.2 Å². The summed E-state index contributed by atoms with van der Waals surface area (Å²) in [7, 11) is 0. The predicted octanol–water partition coefficient (Wildman–Crippen LogP) is 13.0. The van der Waals surface area contributed by atoms with Crippen molar-refractivity contribution in [3.63, 3.8) is 0 Å². The van der Waals surface area contributed by atoms with Gasteiger partial charge in [-0.05, 0) is 32.8 Å². The lowest BCUT2D eigenvalue weighted by atomic mass is 9.86. The van der Waals surface area contributed by atoms with E-state index in [0.717, 1.165) is 37.2 Å². The molecule has 50 heavy (non-hydrogen) atoms. The molecular formula is C44H81N3O3. The molecule has 2 rings (SSSR count). The minimum absolute atomic E-state index is 0.153. The predicted molar refractivity (Wildman–Crippen MR) is 213 cm³/mol. The molecule has 290 valence electrons. The van der Waals surface area contributed by atoms with Crippen LogP contribution >= 0.6 is 0 Å². The van der Waals surface area contributed by atoms with E-state index in [1.54, 1.807) is 6.20 Å². The van der Waals surface area contributed by atoms with Crippen molar-refractivity contribution in [3.05, 3.63) is 24.0 Å². The van der Waals surface area contributed by atoms with Crippen LogP contribution in [0.4, 0.5) is 0 Å². The van der Waals surface area contributed by atoms with Crippen LogP contribution in [-0.2, 0) is 9.53 Å². The normalized spacial score (nSPS) is 16.8. The zero-order valence-corrected chi connectivity index (χ0v) is 33.7. The van der Waals surface area contributed by atoms with E-state index >= 15 is 0 Å². The Kier molecular flexibility index (Phi) is 25.7. The molecule has 0 amide bonds. The van der Waals surface area contributed by atoms with Crippen molar-refractivity contribution >= 4 is 5.97 Å². The first-order valence-electron chi connectivity index (χ1n) is 21.7. The fourth-order valence-electron chi connectivity index (χ4n) is 7.65. The summed E-state index contributed by atoms with van der Waals surface area (Å²) in [6.07, 6.45) is 41.3. The van der Waals surface area contributed by atoms with E-state index in [2.05, 4.69) is 29.3 Å². The van der Waals surface area contributed by atoms with Gasteiger partial charge in [0.15, 0.2) is 6.10 Å². The third kappa shape index (κ3) is 19.8. The lowest BCUT2D eigenvalue weighted by Gasteiger charge is -2.47. The number of carbonyl (C=O) groups excluding carboxylic acids is 1. The second kappa shape index (κ2) is 28.9. The number of esters is 1. The Hall–Kier alpha value is -1.66. The average Bonchev–Trinajstić information content (AvgIpc) is 3.09. The van der Waals surface area contributed by atoms with E-state index in [9.17, 15) is 4.79 Å². The fraction of sp³-hybridized carbons (Fsp3) is 0.864. The van der Waals surface area contributed by atoms with Gasteiger partial charge in [0, 0.05) is 38.0 Å². The molecular weight excluding hydrogens is 619 g/mol. The van der Waals surface area contributed by atoms with Gasteiger partial charge in [0.1, 0.15) is 11.4 Å². The van der Waals surface area contributed by atoms with E-state index in [4.69, 9.17) is 9.47 Å². The fourth-order valence-corrected chi connectivity index (χ4v) is 7.65. The molecule has 0 fully saturated rings. The molecule has 1 aromatic rings. The van der Waals surface area contributed by atoms with Crippen LogP contribution in [0, 0.1) is 0 Å². The highest BCUT2D eigenvalue weighted by Crippen LogP contribution is 2.43. The monoisotopic (exact) mass is 700 g/mol. The summed E-state index contributed by atoms with van der Waals surface area (Å²) in [6, 6.07) is 1.80. The van der Waals surface area contributed by atoms with Gasteiger partial charge in [-0.1, -0.05) is 181 Å². The van der Waals surface area contributed by atoms with Gasteiger partial charge in [-0.15, -0.1) is 0 Å². The van der Waals surface area contributed by atoms with Crippen LogP contribution in [0.3, 0.4) is 0 Å². The maximum atomic E-state index is 12.4. The quantitative estimate of drug-likeness (QED) is 0.0447. The highest BCUT2D eigenvalue weighted by Gasteiger charge is 2.48. The molecule has 0 bridgehead atoms.